The molecule has 0 aromatic rings. The van der Waals surface area contributed by atoms with Crippen LogP contribution in [0.2, 0.25) is 0 Å². The third-order valence-electron chi connectivity index (χ3n) is 0.707. The van der Waals surface area contributed by atoms with E-state index in [0.29, 0.717) is 5.41 Å². The molecule has 0 saturated heterocycles. The molecule has 0 bridgehead atoms. The lowest BCUT2D eigenvalue weighted by Crippen LogP contribution is -2.22. The van der Waals surface area contributed by atoms with Crippen LogP contribution in [0.1, 0.15) is 34.6 Å². The van der Waals surface area contributed by atoms with E-state index in [1.54, 1.807) is 0 Å². The summed E-state index contributed by atoms with van der Waals surface area (Å²) in [4.78, 5) is 0. The van der Waals surface area contributed by atoms with Gasteiger partial charge in [-0.1, -0.05) is 34.6 Å². The Kier molecular flexibility index (Phi) is 7.92. The summed E-state index contributed by atoms with van der Waals surface area (Å²) in [5.74, 6) is 0. The van der Waals surface area contributed by atoms with Crippen molar-refractivity contribution in [3.8, 4) is 0 Å². The Morgan fingerprint density at radius 2 is 1.44 bits per heavy atom. The van der Waals surface area contributed by atoms with Crippen LogP contribution in [-0.2, 0) is 0 Å². The van der Waals surface area contributed by atoms with Crippen LogP contribution >= 0.6 is 0 Å². The summed E-state index contributed by atoms with van der Waals surface area (Å²) in [6.07, 6.45) is 0. The van der Waals surface area contributed by atoms with Crippen molar-refractivity contribution in [2.45, 2.75) is 34.6 Å². The highest BCUT2D eigenvalue weighted by Crippen LogP contribution is 2.09. The van der Waals surface area contributed by atoms with Crippen molar-refractivity contribution in [1.29, 1.82) is 0 Å². The van der Waals surface area contributed by atoms with Gasteiger partial charge in [0.1, 0.15) is 0 Å². The SMILES string of the molecule is CC.CNCC(C)(C)C. The van der Waals surface area contributed by atoms with Gasteiger partial charge in [0.15, 0.2) is 0 Å². The van der Waals surface area contributed by atoms with E-state index >= 15 is 0 Å². The van der Waals surface area contributed by atoms with Crippen LogP contribution in [0, 0.1) is 5.41 Å². The van der Waals surface area contributed by atoms with Gasteiger partial charge in [0.2, 0.25) is 0 Å². The minimum atomic E-state index is 0.439. The molecule has 0 unspecified atom stereocenters. The molecule has 0 rings (SSSR count). The molecule has 0 spiro atoms. The zero-order valence-electron chi connectivity index (χ0n) is 7.71. The number of nitrogens with one attached hydrogen (secondary N) is 1. The standard InChI is InChI=1S/C6H15N.C2H6/c1-6(2,3)5-7-4;1-2/h7H,5H2,1-4H3;1-2H3. The van der Waals surface area contributed by atoms with Gasteiger partial charge < -0.3 is 5.32 Å². The molecule has 0 amide bonds. The van der Waals surface area contributed by atoms with E-state index in [1.807, 2.05) is 20.9 Å². The quantitative estimate of drug-likeness (QED) is 0.575. The average molecular weight is 131 g/mol. The predicted molar refractivity (Wildman–Crippen MR) is 44.7 cm³/mol. The molecule has 0 radical (unpaired) electrons. The van der Waals surface area contributed by atoms with E-state index in [9.17, 15) is 0 Å². The molecule has 1 heteroatoms. The van der Waals surface area contributed by atoms with Crippen LogP contribution in [0.4, 0.5) is 0 Å². The highest BCUT2D eigenvalue weighted by atomic mass is 14.8. The van der Waals surface area contributed by atoms with Gasteiger partial charge in [-0.05, 0) is 19.0 Å². The second kappa shape index (κ2) is 6.09. The van der Waals surface area contributed by atoms with Crippen molar-refractivity contribution < 1.29 is 0 Å². The average Bonchev–Trinajstić information content (AvgIpc) is 1.69. The monoisotopic (exact) mass is 131 g/mol. The third kappa shape index (κ3) is 18.0. The molecule has 0 aromatic carbocycles. The van der Waals surface area contributed by atoms with E-state index < -0.39 is 0 Å². The molecule has 0 aliphatic carbocycles. The summed E-state index contributed by atoms with van der Waals surface area (Å²) >= 11 is 0. The molecular weight excluding hydrogens is 110 g/mol. The third-order valence-corrected chi connectivity index (χ3v) is 0.707. The summed E-state index contributed by atoms with van der Waals surface area (Å²) in [7, 11) is 1.98. The minimum absolute atomic E-state index is 0.439. The fraction of sp³-hybridized carbons (Fsp3) is 1.00. The van der Waals surface area contributed by atoms with Crippen LogP contribution in [0.5, 0.6) is 0 Å². The van der Waals surface area contributed by atoms with Crippen molar-refractivity contribution in [2.24, 2.45) is 5.41 Å². The van der Waals surface area contributed by atoms with Gasteiger partial charge in [-0.3, -0.25) is 0 Å². The maximum Gasteiger partial charge on any atom is -0.000313 e. The Labute approximate surface area is 59.8 Å². The first-order valence-electron chi connectivity index (χ1n) is 3.71. The summed E-state index contributed by atoms with van der Waals surface area (Å²) in [6, 6.07) is 0. The van der Waals surface area contributed by atoms with E-state index in [4.69, 9.17) is 0 Å². The normalized spacial score (nSPS) is 10.0. The zero-order valence-corrected chi connectivity index (χ0v) is 7.71. The van der Waals surface area contributed by atoms with Gasteiger partial charge in [0.25, 0.3) is 0 Å². The number of rotatable bonds is 1. The van der Waals surface area contributed by atoms with Gasteiger partial charge in [-0.15, -0.1) is 0 Å². The van der Waals surface area contributed by atoms with E-state index in [-0.39, 0.29) is 0 Å². The van der Waals surface area contributed by atoms with E-state index in [0.717, 1.165) is 6.54 Å². The lowest BCUT2D eigenvalue weighted by atomic mass is 9.97. The van der Waals surface area contributed by atoms with Crippen LogP contribution in [0.25, 0.3) is 0 Å². The summed E-state index contributed by atoms with van der Waals surface area (Å²) in [5.41, 5.74) is 0.439. The highest BCUT2D eigenvalue weighted by molar-refractivity contribution is 4.61. The predicted octanol–water partition coefficient (Wildman–Crippen LogP) is 2.28. The summed E-state index contributed by atoms with van der Waals surface area (Å²) in [6.45, 7) is 11.7. The number of hydrogen-bond acceptors (Lipinski definition) is 1. The van der Waals surface area contributed by atoms with Crippen LogP contribution in [-0.4, -0.2) is 13.6 Å². The topological polar surface area (TPSA) is 12.0 Å². The first kappa shape index (κ1) is 11.7. The summed E-state index contributed by atoms with van der Waals surface area (Å²) < 4.78 is 0. The Hall–Kier alpha value is -0.0400. The maximum atomic E-state index is 3.11. The van der Waals surface area contributed by atoms with Crippen molar-refractivity contribution in [3.63, 3.8) is 0 Å². The van der Waals surface area contributed by atoms with Gasteiger partial charge in [0.05, 0.1) is 0 Å². The van der Waals surface area contributed by atoms with Gasteiger partial charge in [-0.2, -0.15) is 0 Å². The number of hydrogen-bond donors (Lipinski definition) is 1. The van der Waals surface area contributed by atoms with Gasteiger partial charge in [0, 0.05) is 0 Å². The molecule has 1 nitrogen and oxygen atoms in total. The van der Waals surface area contributed by atoms with Crippen molar-refractivity contribution >= 4 is 0 Å². The minimum Gasteiger partial charge on any atom is -0.319 e. The first-order valence-corrected chi connectivity index (χ1v) is 3.71. The lowest BCUT2D eigenvalue weighted by Gasteiger charge is -2.16. The van der Waals surface area contributed by atoms with Gasteiger partial charge >= 0.3 is 0 Å². The summed E-state index contributed by atoms with van der Waals surface area (Å²) in [5, 5.41) is 3.11. The molecule has 58 valence electrons. The molecule has 0 fully saturated rings. The molecule has 1 N–H and O–H groups in total. The fourth-order valence-corrected chi connectivity index (χ4v) is 0.530. The molecule has 9 heavy (non-hydrogen) atoms. The van der Waals surface area contributed by atoms with Gasteiger partial charge in [-0.25, -0.2) is 0 Å². The van der Waals surface area contributed by atoms with Crippen LogP contribution < -0.4 is 5.32 Å². The molecule has 0 aromatic heterocycles. The second-order valence-electron chi connectivity index (χ2n) is 3.09. The van der Waals surface area contributed by atoms with E-state index in [2.05, 4.69) is 26.1 Å². The molecule has 0 saturated carbocycles. The Balaban J connectivity index is 0. The zero-order chi connectivity index (χ0) is 7.91. The van der Waals surface area contributed by atoms with E-state index in [1.165, 1.54) is 0 Å². The Morgan fingerprint density at radius 1 is 1.11 bits per heavy atom. The van der Waals surface area contributed by atoms with Crippen molar-refractivity contribution in [2.75, 3.05) is 13.6 Å². The largest absolute Gasteiger partial charge is 0.319 e. The van der Waals surface area contributed by atoms with Crippen molar-refractivity contribution in [1.82, 2.24) is 5.32 Å². The van der Waals surface area contributed by atoms with Crippen LogP contribution in [0.15, 0.2) is 0 Å². The molecule has 0 aliphatic heterocycles. The molecular formula is C8H21N. The van der Waals surface area contributed by atoms with Crippen molar-refractivity contribution in [3.05, 3.63) is 0 Å². The van der Waals surface area contributed by atoms with Crippen LogP contribution in [0.3, 0.4) is 0 Å². The lowest BCUT2D eigenvalue weighted by molar-refractivity contribution is 0.395. The highest BCUT2D eigenvalue weighted by Gasteiger charge is 2.05. The first-order chi connectivity index (χ1) is 4.06. The molecule has 0 aliphatic rings. The fourth-order valence-electron chi connectivity index (χ4n) is 0.530. The Bertz CT molecular complexity index is 43.0. The molecule has 0 atom stereocenters. The smallest absolute Gasteiger partial charge is 0.000313 e. The Morgan fingerprint density at radius 3 is 1.44 bits per heavy atom. The molecule has 0 heterocycles. The maximum absolute atomic E-state index is 3.11. The second-order valence-corrected chi connectivity index (χ2v) is 3.09.